The van der Waals surface area contributed by atoms with Crippen LogP contribution in [-0.2, 0) is 20.4 Å². The molecule has 1 aliphatic carbocycles. The van der Waals surface area contributed by atoms with E-state index in [-0.39, 0.29) is 12.2 Å². The molecule has 3 rings (SSSR count). The first-order valence-electron chi connectivity index (χ1n) is 11.5. The highest BCUT2D eigenvalue weighted by atomic mass is 32.1. The Morgan fingerprint density at radius 3 is 2.40 bits per heavy atom. The molecule has 0 bridgehead atoms. The predicted octanol–water partition coefficient (Wildman–Crippen LogP) is 6.97. The third-order valence-electron chi connectivity index (χ3n) is 5.72. The van der Waals surface area contributed by atoms with Crippen molar-refractivity contribution in [2.24, 2.45) is 0 Å². The third-order valence-corrected chi connectivity index (χ3v) is 7.09. The number of nitrogens with zero attached hydrogens (tertiary/aromatic N) is 1. The fraction of sp³-hybridized carbons (Fsp3) is 0.500. The van der Waals surface area contributed by atoms with Crippen LogP contribution in [0.2, 0.25) is 0 Å². The summed E-state index contributed by atoms with van der Waals surface area (Å²) in [6, 6.07) is 5.03. The molecule has 1 aromatic carbocycles. The predicted molar refractivity (Wildman–Crippen MR) is 130 cm³/mol. The van der Waals surface area contributed by atoms with Crippen LogP contribution in [0.25, 0.3) is 10.6 Å². The Labute approximate surface area is 208 Å². The number of halogens is 3. The Kier molecular flexibility index (Phi) is 8.47. The third kappa shape index (κ3) is 6.73. The Hall–Kier alpha value is -2.20. The minimum atomic E-state index is -4.37. The standard InChI is InChI=1S/C26H32F3NO4S/c1-7-32-24(31)25(5,6)34-21-13-12-20(14-15(21)2)33-17(4)22-16(3)30-23(35-22)18-8-10-19(11-9-18)26(27,28)29/h8-13,17,20,24,31H,7,14H2,1-6H3/t17-,20?,24?/m1/s1. The lowest BCUT2D eigenvalue weighted by atomic mass is 10.0. The number of thiazole rings is 1. The van der Waals surface area contributed by atoms with Gasteiger partial charge in [-0.25, -0.2) is 4.98 Å². The minimum absolute atomic E-state index is 0.173. The molecule has 2 aromatic rings. The Bertz CT molecular complexity index is 1070. The van der Waals surface area contributed by atoms with Crippen LogP contribution in [0.15, 0.2) is 47.7 Å². The maximum absolute atomic E-state index is 12.9. The zero-order chi connectivity index (χ0) is 26.0. The van der Waals surface area contributed by atoms with E-state index in [0.29, 0.717) is 29.4 Å². The summed E-state index contributed by atoms with van der Waals surface area (Å²) in [5.74, 6) is 0.680. The van der Waals surface area contributed by atoms with E-state index in [1.54, 1.807) is 13.8 Å². The van der Waals surface area contributed by atoms with Crippen molar-refractivity contribution in [2.45, 2.75) is 78.2 Å². The molecule has 9 heteroatoms. The van der Waals surface area contributed by atoms with Crippen molar-refractivity contribution >= 4 is 11.3 Å². The van der Waals surface area contributed by atoms with Crippen molar-refractivity contribution in [2.75, 3.05) is 6.61 Å². The molecule has 1 aromatic heterocycles. The number of hydrogen-bond acceptors (Lipinski definition) is 6. The Balaban J connectivity index is 1.66. The molecular formula is C26H32F3NO4S. The number of aliphatic hydroxyl groups is 1. The highest BCUT2D eigenvalue weighted by Gasteiger charge is 2.33. The minimum Gasteiger partial charge on any atom is -0.483 e. The van der Waals surface area contributed by atoms with Crippen molar-refractivity contribution in [3.05, 3.63) is 63.9 Å². The summed E-state index contributed by atoms with van der Waals surface area (Å²) in [4.78, 5) is 5.49. The molecular weight excluding hydrogens is 479 g/mol. The van der Waals surface area contributed by atoms with Crippen molar-refractivity contribution in [3.63, 3.8) is 0 Å². The molecule has 1 aliphatic rings. The van der Waals surface area contributed by atoms with Crippen LogP contribution < -0.4 is 0 Å². The van der Waals surface area contributed by atoms with E-state index in [0.717, 1.165) is 28.3 Å². The first-order valence-corrected chi connectivity index (χ1v) is 12.3. The summed E-state index contributed by atoms with van der Waals surface area (Å²) >= 11 is 1.42. The second kappa shape index (κ2) is 10.8. The molecule has 0 amide bonds. The van der Waals surface area contributed by atoms with E-state index in [9.17, 15) is 18.3 Å². The largest absolute Gasteiger partial charge is 0.483 e. The highest BCUT2D eigenvalue weighted by molar-refractivity contribution is 7.15. The second-order valence-electron chi connectivity index (χ2n) is 9.08. The summed E-state index contributed by atoms with van der Waals surface area (Å²) in [5.41, 5.74) is 0.831. The topological polar surface area (TPSA) is 60.8 Å². The summed E-state index contributed by atoms with van der Waals surface area (Å²) in [7, 11) is 0. The van der Waals surface area contributed by atoms with Gasteiger partial charge in [0.2, 0.25) is 0 Å². The maximum atomic E-state index is 12.9. The van der Waals surface area contributed by atoms with Gasteiger partial charge in [0.05, 0.1) is 28.3 Å². The van der Waals surface area contributed by atoms with Gasteiger partial charge in [0.1, 0.15) is 10.8 Å². The van der Waals surface area contributed by atoms with Crippen LogP contribution in [0.1, 0.15) is 63.3 Å². The molecule has 5 nitrogen and oxygen atoms in total. The molecule has 0 spiro atoms. The lowest BCUT2D eigenvalue weighted by Gasteiger charge is -2.33. The monoisotopic (exact) mass is 511 g/mol. The number of ether oxygens (including phenoxy) is 3. The lowest BCUT2D eigenvalue weighted by Crippen LogP contribution is -2.41. The van der Waals surface area contributed by atoms with Crippen LogP contribution in [0.5, 0.6) is 0 Å². The lowest BCUT2D eigenvalue weighted by molar-refractivity contribution is -0.202. The SMILES string of the molecule is CCOC(O)C(C)(C)OC1=C(C)CC(O[C@H](C)c2sc(-c3ccc(C(F)(F)F)cc3)nc2C)C=C1. The number of hydrogen-bond donors (Lipinski definition) is 1. The van der Waals surface area contributed by atoms with Gasteiger partial charge in [-0.05, 0) is 65.3 Å². The smallest absolute Gasteiger partial charge is 0.416 e. The number of allylic oxidation sites excluding steroid dienone is 1. The average Bonchev–Trinajstić information content (AvgIpc) is 3.17. The summed E-state index contributed by atoms with van der Waals surface area (Å²) in [5, 5.41) is 10.8. The molecule has 0 fully saturated rings. The van der Waals surface area contributed by atoms with Crippen molar-refractivity contribution in [1.29, 1.82) is 0 Å². The Morgan fingerprint density at radius 2 is 1.83 bits per heavy atom. The Morgan fingerprint density at radius 1 is 1.17 bits per heavy atom. The first-order chi connectivity index (χ1) is 16.3. The van der Waals surface area contributed by atoms with Gasteiger partial charge < -0.3 is 19.3 Å². The molecule has 192 valence electrons. The average molecular weight is 512 g/mol. The molecule has 2 unspecified atom stereocenters. The molecule has 35 heavy (non-hydrogen) atoms. The van der Waals surface area contributed by atoms with Crippen LogP contribution in [0.4, 0.5) is 13.2 Å². The maximum Gasteiger partial charge on any atom is 0.416 e. The number of alkyl halides is 3. The molecule has 0 saturated heterocycles. The highest BCUT2D eigenvalue weighted by Crippen LogP contribution is 2.37. The van der Waals surface area contributed by atoms with E-state index in [1.165, 1.54) is 23.5 Å². The van der Waals surface area contributed by atoms with Crippen LogP contribution in [-0.4, -0.2) is 34.7 Å². The van der Waals surface area contributed by atoms with E-state index in [1.807, 2.05) is 39.8 Å². The zero-order valence-corrected chi connectivity index (χ0v) is 21.6. The van der Waals surface area contributed by atoms with E-state index in [2.05, 4.69) is 4.98 Å². The molecule has 0 radical (unpaired) electrons. The molecule has 0 saturated carbocycles. The molecule has 1 N–H and O–H groups in total. The second-order valence-corrected chi connectivity index (χ2v) is 10.1. The molecule has 0 aliphatic heterocycles. The van der Waals surface area contributed by atoms with Gasteiger partial charge in [0.25, 0.3) is 0 Å². The fourth-order valence-corrected chi connectivity index (χ4v) is 4.81. The number of aryl methyl sites for hydroxylation is 1. The quantitative estimate of drug-likeness (QED) is 0.369. The van der Waals surface area contributed by atoms with Gasteiger partial charge in [-0.2, -0.15) is 13.2 Å². The van der Waals surface area contributed by atoms with Gasteiger partial charge in [0.15, 0.2) is 11.9 Å². The van der Waals surface area contributed by atoms with Crippen LogP contribution in [0.3, 0.4) is 0 Å². The van der Waals surface area contributed by atoms with Crippen LogP contribution >= 0.6 is 11.3 Å². The van der Waals surface area contributed by atoms with Crippen molar-refractivity contribution in [1.82, 2.24) is 4.98 Å². The van der Waals surface area contributed by atoms with Crippen LogP contribution in [0, 0.1) is 6.92 Å². The number of benzene rings is 1. The van der Waals surface area contributed by atoms with Gasteiger partial charge in [-0.3, -0.25) is 0 Å². The van der Waals surface area contributed by atoms with Gasteiger partial charge >= 0.3 is 6.18 Å². The molecule has 1 heterocycles. The van der Waals surface area contributed by atoms with Gasteiger partial charge in [-0.15, -0.1) is 11.3 Å². The molecule has 3 atom stereocenters. The van der Waals surface area contributed by atoms with E-state index < -0.39 is 23.6 Å². The number of aromatic nitrogens is 1. The fourth-order valence-electron chi connectivity index (χ4n) is 3.75. The van der Waals surface area contributed by atoms with Crippen molar-refractivity contribution in [3.8, 4) is 10.6 Å². The summed E-state index contributed by atoms with van der Waals surface area (Å²) in [6.45, 7) is 11.5. The van der Waals surface area contributed by atoms with E-state index >= 15 is 0 Å². The summed E-state index contributed by atoms with van der Waals surface area (Å²) in [6.07, 6.45) is -1.44. The van der Waals surface area contributed by atoms with E-state index in [4.69, 9.17) is 14.2 Å². The van der Waals surface area contributed by atoms with Crippen molar-refractivity contribution < 1.29 is 32.5 Å². The zero-order valence-electron chi connectivity index (χ0n) is 20.8. The number of aliphatic hydroxyl groups excluding tert-OH is 1. The number of rotatable bonds is 9. The van der Waals surface area contributed by atoms with Gasteiger partial charge in [0, 0.05) is 18.6 Å². The first kappa shape index (κ1) is 27.4. The van der Waals surface area contributed by atoms with Gasteiger partial charge in [-0.1, -0.05) is 18.2 Å². The normalized spacial score (nSPS) is 18.6. The summed E-state index contributed by atoms with van der Waals surface area (Å²) < 4.78 is 56.1.